The van der Waals surface area contributed by atoms with E-state index in [4.69, 9.17) is 0 Å². The third kappa shape index (κ3) is 4.94. The third-order valence-corrected chi connectivity index (χ3v) is 15.6. The van der Waals surface area contributed by atoms with E-state index in [1.807, 2.05) is 0 Å². The maximum absolute atomic E-state index is 2.47. The Kier molecular flexibility index (Phi) is 7.73. The molecule has 13 aromatic rings. The van der Waals surface area contributed by atoms with Crippen molar-refractivity contribution in [3.05, 3.63) is 230 Å². The first-order valence-corrected chi connectivity index (χ1v) is 23.9. The van der Waals surface area contributed by atoms with Gasteiger partial charge in [-0.1, -0.05) is 218 Å². The molecule has 0 bridgehead atoms. The molecule has 0 nitrogen and oxygen atoms in total. The fraction of sp³-hybridized carbons (Fsp3) is 0.0294. The van der Waals surface area contributed by atoms with Gasteiger partial charge in [-0.05, 0) is 179 Å². The molecule has 0 saturated carbocycles. The van der Waals surface area contributed by atoms with E-state index >= 15 is 0 Å². The molecule has 0 aromatic heterocycles. The zero-order chi connectivity index (χ0) is 44.8. The van der Waals surface area contributed by atoms with Crippen LogP contribution < -0.4 is 0 Å². The van der Waals surface area contributed by atoms with Crippen molar-refractivity contribution in [2.75, 3.05) is 0 Å². The van der Waals surface area contributed by atoms with Gasteiger partial charge in [0.2, 0.25) is 0 Å². The van der Waals surface area contributed by atoms with Gasteiger partial charge in [0.15, 0.2) is 0 Å². The van der Waals surface area contributed by atoms with Crippen LogP contribution in [0.15, 0.2) is 218 Å². The minimum absolute atomic E-state index is 1.22. The highest BCUT2D eigenvalue weighted by atomic mass is 14.4. The number of fused-ring (bicyclic) bond motifs is 9. The Morgan fingerprint density at radius 3 is 1.00 bits per heavy atom. The molecular formula is C68H42. The highest BCUT2D eigenvalue weighted by molar-refractivity contribution is 6.42. The second-order valence-corrected chi connectivity index (χ2v) is 19.0. The molecule has 0 aliphatic heterocycles. The second kappa shape index (κ2) is 14.0. The van der Waals surface area contributed by atoms with Crippen LogP contribution in [0.3, 0.4) is 0 Å². The Labute approximate surface area is 395 Å². The largest absolute Gasteiger partial charge is 0.0622 e. The Morgan fingerprint density at radius 2 is 0.529 bits per heavy atom. The molecule has 0 N–H and O–H groups in total. The van der Waals surface area contributed by atoms with Crippen LogP contribution in [-0.4, -0.2) is 0 Å². The zero-order valence-corrected chi connectivity index (χ0v) is 37.8. The Morgan fingerprint density at radius 1 is 0.176 bits per heavy atom. The van der Waals surface area contributed by atoms with Crippen molar-refractivity contribution in [1.82, 2.24) is 0 Å². The molecule has 2 aliphatic carbocycles. The summed E-state index contributed by atoms with van der Waals surface area (Å²) in [5.41, 5.74) is 26.0. The van der Waals surface area contributed by atoms with Crippen LogP contribution in [0.25, 0.3) is 154 Å². The van der Waals surface area contributed by atoms with Crippen LogP contribution >= 0.6 is 0 Å². The fourth-order valence-corrected chi connectivity index (χ4v) is 12.9. The lowest BCUT2D eigenvalue weighted by Gasteiger charge is -2.23. The summed E-state index contributed by atoms with van der Waals surface area (Å²) in [5, 5.41) is 13.3. The van der Waals surface area contributed by atoms with Gasteiger partial charge in [0.05, 0.1) is 0 Å². The van der Waals surface area contributed by atoms with E-state index in [2.05, 4.69) is 232 Å². The minimum Gasteiger partial charge on any atom is -0.0622 e. The van der Waals surface area contributed by atoms with Gasteiger partial charge in [-0.25, -0.2) is 0 Å². The van der Waals surface area contributed by atoms with Gasteiger partial charge in [0, 0.05) is 0 Å². The third-order valence-electron chi connectivity index (χ3n) is 15.6. The smallest absolute Gasteiger partial charge is 0.000718 e. The normalized spacial score (nSPS) is 12.3. The van der Waals surface area contributed by atoms with E-state index in [-0.39, 0.29) is 0 Å². The molecule has 314 valence electrons. The summed E-state index contributed by atoms with van der Waals surface area (Å²) >= 11 is 0. The molecule has 15 rings (SSSR count). The molecule has 0 radical (unpaired) electrons. The summed E-state index contributed by atoms with van der Waals surface area (Å²) < 4.78 is 0. The average Bonchev–Trinajstić information content (AvgIpc) is 3.92. The SMILES string of the molecule is Cc1cccc(C)c1-c1c2c(c(-c3ccccc3-c3ccccc3)c3ccccc13)-c1ccc3c4ccc5c6c(ccc(c7ccc-2c1c37)c64)-c1c(-c2ccccc2)ccc(-c2ccccc2)c1-5. The summed E-state index contributed by atoms with van der Waals surface area (Å²) in [7, 11) is 0. The topological polar surface area (TPSA) is 0 Å². The van der Waals surface area contributed by atoms with Crippen LogP contribution in [0.1, 0.15) is 11.1 Å². The first kappa shape index (κ1) is 37.6. The highest BCUT2D eigenvalue weighted by Crippen LogP contribution is 2.62. The van der Waals surface area contributed by atoms with Crippen LogP contribution in [-0.2, 0) is 0 Å². The number of aryl methyl sites for hydroxylation is 2. The number of hydrogen-bond acceptors (Lipinski definition) is 0. The van der Waals surface area contributed by atoms with E-state index < -0.39 is 0 Å². The Hall–Kier alpha value is -8.58. The standard InChI is InChI=1S/C68H42/c1-39-17-16-18-40(2)58(39)66-49-28-15-14-27-48(49)63(47-26-13-12-25-44(47)41-19-6-3-7-20-41)67-56-37-33-52-50-31-35-54-59-45(42-21-8-4-9-22-42)29-30-46(43-23-10-5-11-24-43)60(59)55-36-32-51(61(50)64(54)55)53-34-38-57(68(66)67)65(56)62(52)53/h3-38H,1-2H3. The molecule has 68 heavy (non-hydrogen) atoms. The van der Waals surface area contributed by atoms with E-state index in [0.717, 1.165) is 0 Å². The van der Waals surface area contributed by atoms with Crippen LogP contribution in [0.4, 0.5) is 0 Å². The first-order chi connectivity index (χ1) is 33.6. The summed E-state index contributed by atoms with van der Waals surface area (Å²) in [6, 6.07) is 82.2. The monoisotopic (exact) mass is 858 g/mol. The molecule has 0 atom stereocenters. The summed E-state index contributed by atoms with van der Waals surface area (Å²) in [6.07, 6.45) is 0. The van der Waals surface area contributed by atoms with E-state index in [1.165, 1.54) is 165 Å². The summed E-state index contributed by atoms with van der Waals surface area (Å²) in [5.74, 6) is 0. The predicted octanol–water partition coefficient (Wildman–Crippen LogP) is 19.1. The predicted molar refractivity (Wildman–Crippen MR) is 291 cm³/mol. The zero-order valence-electron chi connectivity index (χ0n) is 37.8. The highest BCUT2D eigenvalue weighted by Gasteiger charge is 2.35. The van der Waals surface area contributed by atoms with E-state index in [0.29, 0.717) is 0 Å². The summed E-state index contributed by atoms with van der Waals surface area (Å²) in [6.45, 7) is 4.58. The molecule has 0 heterocycles. The fourth-order valence-electron chi connectivity index (χ4n) is 12.9. The van der Waals surface area contributed by atoms with Crippen LogP contribution in [0.2, 0.25) is 0 Å². The van der Waals surface area contributed by atoms with E-state index in [9.17, 15) is 0 Å². The van der Waals surface area contributed by atoms with Crippen molar-refractivity contribution < 1.29 is 0 Å². The van der Waals surface area contributed by atoms with Crippen molar-refractivity contribution in [2.24, 2.45) is 0 Å². The molecular weight excluding hydrogens is 817 g/mol. The molecule has 0 saturated heterocycles. The number of benzene rings is 13. The van der Waals surface area contributed by atoms with Gasteiger partial charge >= 0.3 is 0 Å². The lowest BCUT2D eigenvalue weighted by Crippen LogP contribution is -1.97. The van der Waals surface area contributed by atoms with Crippen molar-refractivity contribution in [2.45, 2.75) is 13.8 Å². The van der Waals surface area contributed by atoms with Gasteiger partial charge < -0.3 is 0 Å². The van der Waals surface area contributed by atoms with Gasteiger partial charge in [-0.15, -0.1) is 0 Å². The molecule has 0 fully saturated rings. The molecule has 0 spiro atoms. The maximum atomic E-state index is 2.47. The quantitative estimate of drug-likeness (QED) is 0.119. The van der Waals surface area contributed by atoms with Crippen molar-refractivity contribution in [3.63, 3.8) is 0 Å². The van der Waals surface area contributed by atoms with Gasteiger partial charge in [-0.2, -0.15) is 0 Å². The van der Waals surface area contributed by atoms with Gasteiger partial charge in [0.1, 0.15) is 0 Å². The van der Waals surface area contributed by atoms with Crippen molar-refractivity contribution >= 4 is 53.9 Å². The minimum atomic E-state index is 1.22. The molecule has 0 heteroatoms. The van der Waals surface area contributed by atoms with E-state index in [1.54, 1.807) is 0 Å². The first-order valence-electron chi connectivity index (χ1n) is 23.9. The molecule has 13 aromatic carbocycles. The molecule has 2 aliphatic rings. The molecule has 0 amide bonds. The summed E-state index contributed by atoms with van der Waals surface area (Å²) in [4.78, 5) is 0. The number of hydrogen-bond donors (Lipinski definition) is 0. The van der Waals surface area contributed by atoms with Crippen molar-refractivity contribution in [1.29, 1.82) is 0 Å². The Balaban J connectivity index is 1.07. The maximum Gasteiger partial charge on any atom is -0.000718 e. The van der Waals surface area contributed by atoms with Crippen molar-refractivity contribution in [3.8, 4) is 100 Å². The van der Waals surface area contributed by atoms with Gasteiger partial charge in [0.25, 0.3) is 0 Å². The lowest BCUT2D eigenvalue weighted by molar-refractivity contribution is 1.39. The second-order valence-electron chi connectivity index (χ2n) is 19.0. The van der Waals surface area contributed by atoms with Crippen LogP contribution in [0.5, 0.6) is 0 Å². The van der Waals surface area contributed by atoms with Gasteiger partial charge in [-0.3, -0.25) is 0 Å². The lowest BCUT2D eigenvalue weighted by atomic mass is 9.79. The van der Waals surface area contributed by atoms with Crippen LogP contribution in [0, 0.1) is 13.8 Å². The Bertz CT molecular complexity index is 4150. The molecule has 0 unspecified atom stereocenters. The number of rotatable bonds is 5. The average molecular weight is 859 g/mol.